The van der Waals surface area contributed by atoms with E-state index in [1.165, 1.54) is 23.7 Å². The largest absolute Gasteiger partial charge is 0.497 e. The number of methoxy groups -OCH3 is 1. The fourth-order valence-electron chi connectivity index (χ4n) is 2.32. The minimum Gasteiger partial charge on any atom is -0.497 e. The maximum absolute atomic E-state index is 5.16. The SMILES string of the molecule is COc1ccc(C#Cc2cc3sc4cc(C)sc4c3s2)cc1. The molecule has 4 aromatic rings. The Kier molecular flexibility index (Phi) is 3.42. The maximum atomic E-state index is 5.16. The van der Waals surface area contributed by atoms with E-state index < -0.39 is 0 Å². The standard InChI is InChI=1S/C18H12OS3/c1-11-9-15-17(20-11)18-16(22-15)10-14(21-18)8-5-12-3-6-13(19-2)7-4-12/h3-4,6-7,9-10H,1-2H3. The lowest BCUT2D eigenvalue weighted by Gasteiger charge is -1.97. The van der Waals surface area contributed by atoms with Crippen LogP contribution in [0.25, 0.3) is 18.8 Å². The molecule has 0 spiro atoms. The van der Waals surface area contributed by atoms with Crippen molar-refractivity contribution in [2.75, 3.05) is 7.11 Å². The summed E-state index contributed by atoms with van der Waals surface area (Å²) in [6.45, 7) is 2.17. The highest BCUT2D eigenvalue weighted by Gasteiger charge is 2.10. The zero-order valence-electron chi connectivity index (χ0n) is 12.1. The van der Waals surface area contributed by atoms with E-state index in [1.807, 2.05) is 46.9 Å². The molecular weight excluding hydrogens is 328 g/mol. The normalized spacial score (nSPS) is 10.8. The third-order valence-electron chi connectivity index (χ3n) is 3.37. The van der Waals surface area contributed by atoms with E-state index in [1.54, 1.807) is 18.4 Å². The Balaban J connectivity index is 1.70. The lowest BCUT2D eigenvalue weighted by Crippen LogP contribution is -1.81. The highest BCUT2D eigenvalue weighted by molar-refractivity contribution is 7.38. The monoisotopic (exact) mass is 340 g/mol. The van der Waals surface area contributed by atoms with Gasteiger partial charge in [-0.2, -0.15) is 0 Å². The van der Waals surface area contributed by atoms with Crippen molar-refractivity contribution in [2.45, 2.75) is 6.92 Å². The highest BCUT2D eigenvalue weighted by Crippen LogP contribution is 2.43. The second kappa shape index (κ2) is 5.44. The molecule has 1 nitrogen and oxygen atoms in total. The molecule has 108 valence electrons. The summed E-state index contributed by atoms with van der Waals surface area (Å²) in [5.74, 6) is 7.37. The van der Waals surface area contributed by atoms with Gasteiger partial charge in [0.25, 0.3) is 0 Å². The van der Waals surface area contributed by atoms with Crippen molar-refractivity contribution < 1.29 is 4.74 Å². The van der Waals surface area contributed by atoms with Gasteiger partial charge < -0.3 is 4.74 Å². The van der Waals surface area contributed by atoms with Gasteiger partial charge in [0.05, 0.1) is 21.4 Å². The zero-order chi connectivity index (χ0) is 15.1. The highest BCUT2D eigenvalue weighted by atomic mass is 32.1. The molecule has 0 aliphatic carbocycles. The zero-order valence-corrected chi connectivity index (χ0v) is 14.5. The summed E-state index contributed by atoms with van der Waals surface area (Å²) >= 11 is 5.54. The van der Waals surface area contributed by atoms with Crippen LogP contribution in [-0.2, 0) is 0 Å². The minimum atomic E-state index is 0.859. The van der Waals surface area contributed by atoms with Crippen molar-refractivity contribution in [1.82, 2.24) is 0 Å². The van der Waals surface area contributed by atoms with Gasteiger partial charge in [0.1, 0.15) is 5.75 Å². The number of benzene rings is 1. The van der Waals surface area contributed by atoms with Gasteiger partial charge in [0.15, 0.2) is 0 Å². The van der Waals surface area contributed by atoms with Gasteiger partial charge in [-0.1, -0.05) is 11.8 Å². The first-order valence-corrected chi connectivity index (χ1v) is 9.26. The molecule has 0 N–H and O–H groups in total. The molecule has 4 rings (SSSR count). The summed E-state index contributed by atoms with van der Waals surface area (Å²) in [7, 11) is 1.67. The van der Waals surface area contributed by atoms with E-state index in [4.69, 9.17) is 4.74 Å². The van der Waals surface area contributed by atoms with E-state index >= 15 is 0 Å². The molecule has 0 saturated carbocycles. The third-order valence-corrected chi connectivity index (χ3v) is 6.97. The molecule has 4 heteroatoms. The van der Waals surface area contributed by atoms with Crippen LogP contribution in [0.5, 0.6) is 5.75 Å². The molecule has 0 unspecified atom stereocenters. The van der Waals surface area contributed by atoms with E-state index in [0.717, 1.165) is 16.2 Å². The lowest BCUT2D eigenvalue weighted by molar-refractivity contribution is 0.415. The van der Waals surface area contributed by atoms with Crippen LogP contribution in [0.15, 0.2) is 36.4 Å². The predicted molar refractivity (Wildman–Crippen MR) is 98.8 cm³/mol. The second-order valence-electron chi connectivity index (χ2n) is 4.94. The van der Waals surface area contributed by atoms with Crippen molar-refractivity contribution in [3.05, 3.63) is 51.7 Å². The second-order valence-corrected chi connectivity index (χ2v) is 8.33. The Morgan fingerprint density at radius 3 is 2.36 bits per heavy atom. The molecule has 0 amide bonds. The van der Waals surface area contributed by atoms with Gasteiger partial charge in [-0.05, 0) is 43.3 Å². The molecule has 22 heavy (non-hydrogen) atoms. The smallest absolute Gasteiger partial charge is 0.118 e. The maximum Gasteiger partial charge on any atom is 0.118 e. The van der Waals surface area contributed by atoms with Gasteiger partial charge in [0, 0.05) is 19.8 Å². The summed E-state index contributed by atoms with van der Waals surface area (Å²) in [6.07, 6.45) is 0. The molecule has 0 radical (unpaired) electrons. The average Bonchev–Trinajstić information content (AvgIpc) is 3.15. The van der Waals surface area contributed by atoms with Crippen LogP contribution < -0.4 is 4.74 Å². The number of rotatable bonds is 1. The van der Waals surface area contributed by atoms with Crippen molar-refractivity contribution in [2.24, 2.45) is 0 Å². The Hall–Kier alpha value is -1.80. The van der Waals surface area contributed by atoms with Crippen LogP contribution >= 0.6 is 34.0 Å². The fourth-order valence-corrected chi connectivity index (χ4v) is 6.11. The summed E-state index contributed by atoms with van der Waals surface area (Å²) in [4.78, 5) is 2.51. The summed E-state index contributed by atoms with van der Waals surface area (Å²) < 4.78 is 10.7. The van der Waals surface area contributed by atoms with Gasteiger partial charge in [-0.25, -0.2) is 0 Å². The van der Waals surface area contributed by atoms with Crippen LogP contribution in [0.2, 0.25) is 0 Å². The summed E-state index contributed by atoms with van der Waals surface area (Å²) in [5.41, 5.74) is 1.01. The Labute approximate surface area is 140 Å². The predicted octanol–water partition coefficient (Wildman–Crippen LogP) is 5.89. The van der Waals surface area contributed by atoms with Crippen molar-refractivity contribution in [3.63, 3.8) is 0 Å². The lowest BCUT2D eigenvalue weighted by atomic mass is 10.2. The van der Waals surface area contributed by atoms with Crippen molar-refractivity contribution in [1.29, 1.82) is 0 Å². The van der Waals surface area contributed by atoms with Gasteiger partial charge in [0.2, 0.25) is 0 Å². The number of hydrogen-bond donors (Lipinski definition) is 0. The van der Waals surface area contributed by atoms with E-state index in [-0.39, 0.29) is 0 Å². The Bertz CT molecular complexity index is 1020. The van der Waals surface area contributed by atoms with Crippen LogP contribution in [0, 0.1) is 18.8 Å². The quantitative estimate of drug-likeness (QED) is 0.392. The van der Waals surface area contributed by atoms with Crippen molar-refractivity contribution in [3.8, 4) is 17.6 Å². The molecule has 0 aliphatic heterocycles. The summed E-state index contributed by atoms with van der Waals surface area (Å²) in [5, 5.41) is 0. The molecule has 3 heterocycles. The number of fused-ring (bicyclic) bond motifs is 3. The minimum absolute atomic E-state index is 0.859. The molecule has 0 bridgehead atoms. The molecule has 3 aromatic heterocycles. The van der Waals surface area contributed by atoms with Gasteiger partial charge in [-0.15, -0.1) is 34.0 Å². The fraction of sp³-hybridized carbons (Fsp3) is 0.111. The summed E-state index contributed by atoms with van der Waals surface area (Å²) in [6, 6.07) is 12.3. The molecule has 0 aliphatic rings. The molecule has 0 saturated heterocycles. The topological polar surface area (TPSA) is 9.23 Å². The average molecular weight is 340 g/mol. The van der Waals surface area contributed by atoms with Crippen LogP contribution in [0.3, 0.4) is 0 Å². The number of thiophene rings is 3. The Morgan fingerprint density at radius 1 is 0.864 bits per heavy atom. The van der Waals surface area contributed by atoms with Gasteiger partial charge in [-0.3, -0.25) is 0 Å². The molecule has 0 fully saturated rings. The number of ether oxygens (including phenoxy) is 1. The van der Waals surface area contributed by atoms with E-state index in [0.29, 0.717) is 0 Å². The molecular formula is C18H12OS3. The van der Waals surface area contributed by atoms with Crippen LogP contribution in [0.1, 0.15) is 15.3 Å². The van der Waals surface area contributed by atoms with Crippen LogP contribution in [0.4, 0.5) is 0 Å². The van der Waals surface area contributed by atoms with Crippen LogP contribution in [-0.4, -0.2) is 7.11 Å². The van der Waals surface area contributed by atoms with Crippen molar-refractivity contribution >= 4 is 52.8 Å². The first-order valence-electron chi connectivity index (χ1n) is 6.81. The first kappa shape index (κ1) is 13.8. The van der Waals surface area contributed by atoms with E-state index in [2.05, 4.69) is 30.9 Å². The number of hydrogen-bond acceptors (Lipinski definition) is 4. The third kappa shape index (κ3) is 2.42. The molecule has 0 atom stereocenters. The first-order chi connectivity index (χ1) is 10.7. The Morgan fingerprint density at radius 2 is 1.59 bits per heavy atom. The van der Waals surface area contributed by atoms with Gasteiger partial charge >= 0.3 is 0 Å². The molecule has 1 aromatic carbocycles. The van der Waals surface area contributed by atoms with E-state index in [9.17, 15) is 0 Å². The number of aryl methyl sites for hydroxylation is 1.